The molecule has 1 aliphatic rings. The molecule has 1 aromatic carbocycles. The van der Waals surface area contributed by atoms with Crippen LogP contribution in [-0.2, 0) is 4.79 Å². The standard InChI is InChI=1S/C16H20N2O2/c1-2-20-15-7-5-13(6-8-15)14(12-17)11-16(19)18-9-3-4-10-18/h5-8,14H,2-4,9-11H2,1H3. The largest absolute Gasteiger partial charge is 0.494 e. The highest BCUT2D eigenvalue weighted by Crippen LogP contribution is 2.23. The molecule has 0 saturated carbocycles. The zero-order valence-electron chi connectivity index (χ0n) is 11.8. The van der Waals surface area contributed by atoms with E-state index >= 15 is 0 Å². The van der Waals surface area contributed by atoms with Gasteiger partial charge in [0, 0.05) is 19.5 Å². The van der Waals surface area contributed by atoms with Gasteiger partial charge in [-0.3, -0.25) is 4.79 Å². The minimum atomic E-state index is -0.376. The lowest BCUT2D eigenvalue weighted by atomic mass is 9.96. The minimum absolute atomic E-state index is 0.0861. The number of ether oxygens (including phenoxy) is 1. The molecule has 1 aliphatic heterocycles. The molecule has 1 saturated heterocycles. The van der Waals surface area contributed by atoms with Crippen LogP contribution in [0.1, 0.15) is 37.7 Å². The maximum atomic E-state index is 12.1. The Labute approximate surface area is 120 Å². The maximum Gasteiger partial charge on any atom is 0.224 e. The van der Waals surface area contributed by atoms with E-state index in [9.17, 15) is 10.1 Å². The molecule has 0 N–H and O–H groups in total. The molecule has 2 rings (SSSR count). The van der Waals surface area contributed by atoms with Gasteiger partial charge in [0.1, 0.15) is 5.75 Å². The molecule has 4 heteroatoms. The first-order valence-electron chi connectivity index (χ1n) is 7.14. The van der Waals surface area contributed by atoms with Gasteiger partial charge in [-0.1, -0.05) is 12.1 Å². The number of rotatable bonds is 5. The SMILES string of the molecule is CCOc1ccc(C(C#N)CC(=O)N2CCCC2)cc1. The molecule has 1 aromatic rings. The van der Waals surface area contributed by atoms with E-state index in [0.29, 0.717) is 6.61 Å². The Bertz CT molecular complexity index is 484. The lowest BCUT2D eigenvalue weighted by Crippen LogP contribution is -2.28. The number of benzene rings is 1. The van der Waals surface area contributed by atoms with Crippen molar-refractivity contribution < 1.29 is 9.53 Å². The Morgan fingerprint density at radius 2 is 2.00 bits per heavy atom. The summed E-state index contributed by atoms with van der Waals surface area (Å²) in [7, 11) is 0. The third kappa shape index (κ3) is 3.51. The number of hydrogen-bond donors (Lipinski definition) is 0. The third-order valence-electron chi connectivity index (χ3n) is 3.59. The lowest BCUT2D eigenvalue weighted by molar-refractivity contribution is -0.130. The van der Waals surface area contributed by atoms with Crippen LogP contribution in [0.4, 0.5) is 0 Å². The van der Waals surface area contributed by atoms with Crippen molar-refractivity contribution in [3.8, 4) is 11.8 Å². The van der Waals surface area contributed by atoms with Gasteiger partial charge >= 0.3 is 0 Å². The Balaban J connectivity index is 2.00. The highest BCUT2D eigenvalue weighted by molar-refractivity contribution is 5.77. The third-order valence-corrected chi connectivity index (χ3v) is 3.59. The van der Waals surface area contributed by atoms with Crippen LogP contribution in [0.5, 0.6) is 5.75 Å². The number of nitrogens with zero attached hydrogens (tertiary/aromatic N) is 2. The second-order valence-electron chi connectivity index (χ2n) is 4.98. The topological polar surface area (TPSA) is 53.3 Å². The van der Waals surface area contributed by atoms with Gasteiger partial charge in [0.05, 0.1) is 18.6 Å². The van der Waals surface area contributed by atoms with Gasteiger partial charge in [0.15, 0.2) is 0 Å². The molecular weight excluding hydrogens is 252 g/mol. The Morgan fingerprint density at radius 3 is 2.55 bits per heavy atom. The molecule has 1 heterocycles. The van der Waals surface area contributed by atoms with Crippen molar-refractivity contribution in [2.24, 2.45) is 0 Å². The van der Waals surface area contributed by atoms with Crippen LogP contribution in [0.2, 0.25) is 0 Å². The van der Waals surface area contributed by atoms with E-state index < -0.39 is 0 Å². The zero-order chi connectivity index (χ0) is 14.4. The fourth-order valence-corrected chi connectivity index (χ4v) is 2.47. The fraction of sp³-hybridized carbons (Fsp3) is 0.500. The first-order valence-corrected chi connectivity index (χ1v) is 7.14. The zero-order valence-corrected chi connectivity index (χ0v) is 11.8. The van der Waals surface area contributed by atoms with Gasteiger partial charge in [-0.05, 0) is 37.5 Å². The Morgan fingerprint density at radius 1 is 1.35 bits per heavy atom. The Hall–Kier alpha value is -2.02. The van der Waals surface area contributed by atoms with Gasteiger partial charge in [0.2, 0.25) is 5.91 Å². The average molecular weight is 272 g/mol. The van der Waals surface area contributed by atoms with E-state index in [4.69, 9.17) is 4.74 Å². The number of carbonyl (C=O) groups excluding carboxylic acids is 1. The summed E-state index contributed by atoms with van der Waals surface area (Å²) in [5, 5.41) is 9.29. The van der Waals surface area contributed by atoms with Crippen molar-refractivity contribution in [1.29, 1.82) is 5.26 Å². The number of carbonyl (C=O) groups is 1. The van der Waals surface area contributed by atoms with Crippen molar-refractivity contribution in [2.75, 3.05) is 19.7 Å². The molecule has 106 valence electrons. The molecule has 0 aliphatic carbocycles. The summed E-state index contributed by atoms with van der Waals surface area (Å²) in [6.45, 7) is 4.22. The van der Waals surface area contributed by atoms with Crippen LogP contribution in [0.3, 0.4) is 0 Å². The van der Waals surface area contributed by atoms with Gasteiger partial charge in [-0.25, -0.2) is 0 Å². The summed E-state index contributed by atoms with van der Waals surface area (Å²) in [5.74, 6) is 0.500. The molecule has 1 fully saturated rings. The van der Waals surface area contributed by atoms with E-state index in [-0.39, 0.29) is 18.2 Å². The minimum Gasteiger partial charge on any atom is -0.494 e. The van der Waals surface area contributed by atoms with Crippen molar-refractivity contribution in [3.05, 3.63) is 29.8 Å². The average Bonchev–Trinajstić information content (AvgIpc) is 3.00. The number of hydrogen-bond acceptors (Lipinski definition) is 3. The highest BCUT2D eigenvalue weighted by atomic mass is 16.5. The molecule has 1 amide bonds. The van der Waals surface area contributed by atoms with Crippen LogP contribution in [0, 0.1) is 11.3 Å². The van der Waals surface area contributed by atoms with E-state index in [1.54, 1.807) is 0 Å². The summed E-state index contributed by atoms with van der Waals surface area (Å²) >= 11 is 0. The van der Waals surface area contributed by atoms with Crippen LogP contribution < -0.4 is 4.74 Å². The van der Waals surface area contributed by atoms with Crippen molar-refractivity contribution in [2.45, 2.75) is 32.1 Å². The summed E-state index contributed by atoms with van der Waals surface area (Å²) in [6, 6.07) is 9.68. The number of likely N-dealkylation sites (tertiary alicyclic amines) is 1. The normalized spacial score (nSPS) is 15.7. The van der Waals surface area contributed by atoms with Crippen LogP contribution in [0.15, 0.2) is 24.3 Å². The predicted molar refractivity (Wildman–Crippen MR) is 76.4 cm³/mol. The maximum absolute atomic E-state index is 12.1. The molecule has 20 heavy (non-hydrogen) atoms. The van der Waals surface area contributed by atoms with Gasteiger partial charge < -0.3 is 9.64 Å². The predicted octanol–water partition coefficient (Wildman–Crippen LogP) is 2.70. The lowest BCUT2D eigenvalue weighted by Gasteiger charge is -2.17. The molecule has 0 aromatic heterocycles. The van der Waals surface area contributed by atoms with Gasteiger partial charge in [-0.2, -0.15) is 5.26 Å². The summed E-state index contributed by atoms with van der Waals surface area (Å²) in [5.41, 5.74) is 0.878. The van der Waals surface area contributed by atoms with E-state index in [0.717, 1.165) is 37.2 Å². The quantitative estimate of drug-likeness (QED) is 0.828. The summed E-state index contributed by atoms with van der Waals surface area (Å²) in [4.78, 5) is 14.0. The van der Waals surface area contributed by atoms with Gasteiger partial charge in [0.25, 0.3) is 0 Å². The van der Waals surface area contributed by atoms with E-state index in [1.807, 2.05) is 36.1 Å². The Kier molecular flexibility index (Phi) is 5.00. The molecular formula is C16H20N2O2. The molecule has 0 radical (unpaired) electrons. The summed E-state index contributed by atoms with van der Waals surface area (Å²) in [6.07, 6.45) is 2.42. The smallest absolute Gasteiger partial charge is 0.224 e. The first-order chi connectivity index (χ1) is 9.74. The first kappa shape index (κ1) is 14.4. The van der Waals surface area contributed by atoms with Crippen LogP contribution in [0.25, 0.3) is 0 Å². The second kappa shape index (κ2) is 6.95. The highest BCUT2D eigenvalue weighted by Gasteiger charge is 2.22. The van der Waals surface area contributed by atoms with E-state index in [1.165, 1.54) is 0 Å². The van der Waals surface area contributed by atoms with E-state index in [2.05, 4.69) is 6.07 Å². The van der Waals surface area contributed by atoms with Crippen molar-refractivity contribution in [3.63, 3.8) is 0 Å². The number of amides is 1. The van der Waals surface area contributed by atoms with Crippen molar-refractivity contribution in [1.82, 2.24) is 4.90 Å². The molecule has 0 bridgehead atoms. The fourth-order valence-electron chi connectivity index (χ4n) is 2.47. The van der Waals surface area contributed by atoms with Crippen LogP contribution >= 0.6 is 0 Å². The molecule has 0 spiro atoms. The van der Waals surface area contributed by atoms with Crippen molar-refractivity contribution >= 4 is 5.91 Å². The molecule has 1 unspecified atom stereocenters. The molecule has 1 atom stereocenters. The number of nitriles is 1. The second-order valence-corrected chi connectivity index (χ2v) is 4.98. The molecule has 4 nitrogen and oxygen atoms in total. The summed E-state index contributed by atoms with van der Waals surface area (Å²) < 4.78 is 5.38. The monoisotopic (exact) mass is 272 g/mol. The van der Waals surface area contributed by atoms with Crippen LogP contribution in [-0.4, -0.2) is 30.5 Å². The van der Waals surface area contributed by atoms with Gasteiger partial charge in [-0.15, -0.1) is 0 Å².